The summed E-state index contributed by atoms with van der Waals surface area (Å²) in [4.78, 5) is 14.6. The molecule has 0 radical (unpaired) electrons. The fourth-order valence-electron chi connectivity index (χ4n) is 3.27. The van der Waals surface area contributed by atoms with Crippen LogP contribution < -0.4 is 10.6 Å². The summed E-state index contributed by atoms with van der Waals surface area (Å²) in [7, 11) is 0. The van der Waals surface area contributed by atoms with Gasteiger partial charge in [-0.25, -0.2) is 4.79 Å². The number of aryl methyl sites for hydroxylation is 1. The molecule has 3 atom stereocenters. The number of carbonyl (C=O) groups excluding carboxylic acids is 1. The molecule has 5 nitrogen and oxygen atoms in total. The average Bonchev–Trinajstić information content (AvgIpc) is 2.84. The van der Waals surface area contributed by atoms with E-state index in [1.54, 1.807) is 6.07 Å². The predicted octanol–water partition coefficient (Wildman–Crippen LogP) is 2.63. The lowest BCUT2D eigenvalue weighted by molar-refractivity contribution is -0.0390. The number of anilines is 1. The molecule has 0 saturated carbocycles. The Labute approximate surface area is 136 Å². The van der Waals surface area contributed by atoms with E-state index in [0.29, 0.717) is 16.8 Å². The van der Waals surface area contributed by atoms with Gasteiger partial charge in [-0.15, -0.1) is 0 Å². The average molecular weight is 324 g/mol. The molecule has 0 aliphatic carbocycles. The van der Waals surface area contributed by atoms with Crippen molar-refractivity contribution >= 4 is 23.3 Å². The maximum absolute atomic E-state index is 12.2. The number of halogens is 1. The molecule has 2 aliphatic heterocycles. The van der Waals surface area contributed by atoms with Crippen LogP contribution in [-0.4, -0.2) is 48.8 Å². The van der Waals surface area contributed by atoms with E-state index in [1.807, 2.05) is 19.1 Å². The molecule has 22 heavy (non-hydrogen) atoms. The van der Waals surface area contributed by atoms with E-state index in [-0.39, 0.29) is 18.2 Å². The highest BCUT2D eigenvalue weighted by Crippen LogP contribution is 2.26. The van der Waals surface area contributed by atoms with Crippen LogP contribution in [0.1, 0.15) is 18.9 Å². The summed E-state index contributed by atoms with van der Waals surface area (Å²) in [5.41, 5.74) is 1.63. The summed E-state index contributed by atoms with van der Waals surface area (Å²) in [5.74, 6) is 0. The number of hydrogen-bond donors (Lipinski definition) is 2. The smallest absolute Gasteiger partial charge is 0.319 e. The number of hydrogen-bond acceptors (Lipinski definition) is 3. The summed E-state index contributed by atoms with van der Waals surface area (Å²) >= 11 is 6.14. The Bertz CT molecular complexity index is 546. The standard InChI is InChI=1S/C16H22ClN3O2/c1-10-4-3-5-14(17)15(10)19-16(21)18-12-6-13-9-22-11(2)7-20(13)8-12/h3-5,11-13H,6-9H2,1-2H3,(H2,18,19,21)/t11-,12+,13+/m1/s1. The van der Waals surface area contributed by atoms with Gasteiger partial charge < -0.3 is 15.4 Å². The minimum absolute atomic E-state index is 0.154. The van der Waals surface area contributed by atoms with Crippen LogP contribution in [0.25, 0.3) is 0 Å². The van der Waals surface area contributed by atoms with Crippen molar-refractivity contribution in [3.8, 4) is 0 Å². The van der Waals surface area contributed by atoms with Crippen molar-refractivity contribution in [3.63, 3.8) is 0 Å². The Morgan fingerprint density at radius 3 is 3.00 bits per heavy atom. The highest BCUT2D eigenvalue weighted by Gasteiger charge is 2.36. The molecule has 2 N–H and O–H groups in total. The first-order valence-electron chi connectivity index (χ1n) is 7.71. The van der Waals surface area contributed by atoms with E-state index in [0.717, 1.165) is 31.7 Å². The van der Waals surface area contributed by atoms with Crippen LogP contribution in [0.3, 0.4) is 0 Å². The van der Waals surface area contributed by atoms with Gasteiger partial charge in [0, 0.05) is 25.2 Å². The van der Waals surface area contributed by atoms with Crippen LogP contribution in [0.15, 0.2) is 18.2 Å². The van der Waals surface area contributed by atoms with Crippen molar-refractivity contribution in [2.24, 2.45) is 0 Å². The molecule has 1 aromatic carbocycles. The van der Waals surface area contributed by atoms with E-state index in [1.165, 1.54) is 0 Å². The van der Waals surface area contributed by atoms with Crippen molar-refractivity contribution in [2.45, 2.75) is 38.5 Å². The number of nitrogens with one attached hydrogen (secondary N) is 2. The molecular weight excluding hydrogens is 302 g/mol. The number of carbonyl (C=O) groups is 1. The van der Waals surface area contributed by atoms with Crippen molar-refractivity contribution in [1.82, 2.24) is 10.2 Å². The van der Waals surface area contributed by atoms with Crippen LogP contribution in [0, 0.1) is 6.92 Å². The molecule has 2 saturated heterocycles. The van der Waals surface area contributed by atoms with Gasteiger partial charge in [0.05, 0.1) is 23.4 Å². The number of nitrogens with zero attached hydrogens (tertiary/aromatic N) is 1. The number of para-hydroxylation sites is 1. The second-order valence-electron chi connectivity index (χ2n) is 6.21. The normalized spacial score (nSPS) is 28.2. The zero-order valence-corrected chi connectivity index (χ0v) is 13.7. The summed E-state index contributed by atoms with van der Waals surface area (Å²) in [6, 6.07) is 5.95. The van der Waals surface area contributed by atoms with Crippen LogP contribution in [0.4, 0.5) is 10.5 Å². The third-order valence-corrected chi connectivity index (χ3v) is 4.70. The number of morpholine rings is 1. The van der Waals surface area contributed by atoms with Gasteiger partial charge in [0.1, 0.15) is 0 Å². The van der Waals surface area contributed by atoms with Crippen LogP contribution in [0.2, 0.25) is 5.02 Å². The van der Waals surface area contributed by atoms with E-state index >= 15 is 0 Å². The molecule has 2 heterocycles. The van der Waals surface area contributed by atoms with E-state index < -0.39 is 0 Å². The monoisotopic (exact) mass is 323 g/mol. The molecule has 0 spiro atoms. The van der Waals surface area contributed by atoms with Crippen LogP contribution >= 0.6 is 11.6 Å². The fourth-order valence-corrected chi connectivity index (χ4v) is 3.54. The molecule has 0 unspecified atom stereocenters. The number of rotatable bonds is 2. The largest absolute Gasteiger partial charge is 0.376 e. The highest BCUT2D eigenvalue weighted by atomic mass is 35.5. The molecule has 120 valence electrons. The SMILES string of the molecule is Cc1cccc(Cl)c1NC(=O)N[C@H]1C[C@H]2CO[C@H](C)CN2C1. The van der Waals surface area contributed by atoms with Gasteiger partial charge in [-0.2, -0.15) is 0 Å². The molecular formula is C16H22ClN3O2. The molecule has 3 rings (SSSR count). The summed E-state index contributed by atoms with van der Waals surface area (Å²) in [5, 5.41) is 6.47. The Kier molecular flexibility index (Phi) is 4.57. The van der Waals surface area contributed by atoms with Gasteiger partial charge in [0.25, 0.3) is 0 Å². The maximum atomic E-state index is 12.2. The van der Waals surface area contributed by atoms with Crippen LogP contribution in [0.5, 0.6) is 0 Å². The second-order valence-corrected chi connectivity index (χ2v) is 6.62. The maximum Gasteiger partial charge on any atom is 0.319 e. The van der Waals surface area contributed by atoms with E-state index in [2.05, 4.69) is 22.5 Å². The molecule has 1 aromatic rings. The Balaban J connectivity index is 1.57. The Morgan fingerprint density at radius 2 is 2.23 bits per heavy atom. The quantitative estimate of drug-likeness (QED) is 0.879. The fraction of sp³-hybridized carbons (Fsp3) is 0.562. The van der Waals surface area contributed by atoms with Crippen molar-refractivity contribution in [2.75, 3.05) is 25.0 Å². The first kappa shape index (κ1) is 15.6. The van der Waals surface area contributed by atoms with Gasteiger partial charge >= 0.3 is 6.03 Å². The first-order valence-corrected chi connectivity index (χ1v) is 8.09. The van der Waals surface area contributed by atoms with Gasteiger partial charge in [-0.1, -0.05) is 23.7 Å². The Morgan fingerprint density at radius 1 is 1.41 bits per heavy atom. The highest BCUT2D eigenvalue weighted by molar-refractivity contribution is 6.33. The molecule has 2 aliphatic rings. The number of amides is 2. The van der Waals surface area contributed by atoms with Crippen molar-refractivity contribution in [1.29, 1.82) is 0 Å². The lowest BCUT2D eigenvalue weighted by Crippen LogP contribution is -2.45. The summed E-state index contributed by atoms with van der Waals surface area (Å²) < 4.78 is 5.68. The van der Waals surface area contributed by atoms with Crippen LogP contribution in [-0.2, 0) is 4.74 Å². The lowest BCUT2D eigenvalue weighted by Gasteiger charge is -2.33. The van der Waals surface area contributed by atoms with Crippen molar-refractivity contribution in [3.05, 3.63) is 28.8 Å². The summed E-state index contributed by atoms with van der Waals surface area (Å²) in [6.45, 7) is 6.59. The topological polar surface area (TPSA) is 53.6 Å². The van der Waals surface area contributed by atoms with Gasteiger partial charge in [0.15, 0.2) is 0 Å². The van der Waals surface area contributed by atoms with E-state index in [9.17, 15) is 4.79 Å². The third kappa shape index (κ3) is 3.37. The number of urea groups is 1. The molecule has 2 fully saturated rings. The number of fused-ring (bicyclic) bond motifs is 1. The zero-order chi connectivity index (χ0) is 15.7. The number of benzene rings is 1. The minimum Gasteiger partial charge on any atom is -0.376 e. The molecule has 0 bridgehead atoms. The lowest BCUT2D eigenvalue weighted by atomic mass is 10.1. The second kappa shape index (κ2) is 6.44. The zero-order valence-electron chi connectivity index (χ0n) is 12.9. The van der Waals surface area contributed by atoms with Crippen molar-refractivity contribution < 1.29 is 9.53 Å². The third-order valence-electron chi connectivity index (χ3n) is 4.39. The first-order chi connectivity index (χ1) is 10.5. The Hall–Kier alpha value is -1.30. The minimum atomic E-state index is -0.199. The molecule has 6 heteroatoms. The molecule has 0 aromatic heterocycles. The van der Waals surface area contributed by atoms with E-state index in [4.69, 9.17) is 16.3 Å². The van der Waals surface area contributed by atoms with Gasteiger partial charge in [-0.05, 0) is 31.9 Å². The van der Waals surface area contributed by atoms with Gasteiger partial charge in [-0.3, -0.25) is 4.90 Å². The van der Waals surface area contributed by atoms with Gasteiger partial charge in [0.2, 0.25) is 0 Å². The summed E-state index contributed by atoms with van der Waals surface area (Å²) in [6.07, 6.45) is 1.20. The number of ether oxygens (including phenoxy) is 1. The predicted molar refractivity (Wildman–Crippen MR) is 87.5 cm³/mol. The molecule has 2 amide bonds.